The smallest absolute Gasteiger partial charge is 0.405 e. The molecular weight excluding hydrogens is 455 g/mol. The lowest BCUT2D eigenvalue weighted by Crippen LogP contribution is -2.48. The summed E-state index contributed by atoms with van der Waals surface area (Å²) >= 11 is 0. The topological polar surface area (TPSA) is 97.0 Å². The average Bonchev–Trinajstić information content (AvgIpc) is 3.31. The van der Waals surface area contributed by atoms with Crippen molar-refractivity contribution in [3.8, 4) is 11.5 Å². The molecule has 0 saturated carbocycles. The number of nitrogens with zero attached hydrogens (tertiary/aromatic N) is 1. The van der Waals surface area contributed by atoms with Crippen LogP contribution >= 0.6 is 0 Å². The molecule has 182 valence electrons. The summed E-state index contributed by atoms with van der Waals surface area (Å²) in [4.78, 5) is 38.3. The van der Waals surface area contributed by atoms with Gasteiger partial charge in [-0.3, -0.25) is 14.4 Å². The lowest BCUT2D eigenvalue weighted by Gasteiger charge is -2.24. The first-order chi connectivity index (χ1) is 16.2. The summed E-state index contributed by atoms with van der Waals surface area (Å²) in [7, 11) is 1.52. The number of carbonyl (C=O) groups excluding carboxylic acids is 3. The number of alkyl halides is 3. The molecule has 1 fully saturated rings. The molecule has 0 aliphatic carbocycles. The third-order valence-electron chi connectivity index (χ3n) is 5.10. The molecule has 0 spiro atoms. The number of amides is 3. The predicted octanol–water partition coefficient (Wildman–Crippen LogP) is 3.00. The van der Waals surface area contributed by atoms with Crippen molar-refractivity contribution in [1.29, 1.82) is 0 Å². The Balaban J connectivity index is 1.53. The van der Waals surface area contributed by atoms with Crippen LogP contribution in [0, 0.1) is 0 Å². The third-order valence-corrected chi connectivity index (χ3v) is 5.10. The van der Waals surface area contributed by atoms with Gasteiger partial charge >= 0.3 is 6.18 Å². The molecule has 2 aromatic rings. The zero-order chi connectivity index (χ0) is 24.7. The van der Waals surface area contributed by atoms with Gasteiger partial charge in [0.1, 0.15) is 24.1 Å². The number of likely N-dealkylation sites (tertiary alicyclic amines) is 1. The Hall–Kier alpha value is -3.76. The zero-order valence-electron chi connectivity index (χ0n) is 18.4. The van der Waals surface area contributed by atoms with Crippen LogP contribution in [0.25, 0.3) is 0 Å². The molecule has 1 saturated heterocycles. The van der Waals surface area contributed by atoms with Gasteiger partial charge in [0, 0.05) is 23.9 Å². The first kappa shape index (κ1) is 24.9. The van der Waals surface area contributed by atoms with Gasteiger partial charge in [0.25, 0.3) is 11.8 Å². The Morgan fingerprint density at radius 2 is 1.82 bits per heavy atom. The van der Waals surface area contributed by atoms with Gasteiger partial charge in [0.2, 0.25) is 5.91 Å². The molecule has 1 aliphatic heterocycles. The summed E-state index contributed by atoms with van der Waals surface area (Å²) in [5, 5.41) is 4.51. The molecule has 1 atom stereocenters. The first-order valence-electron chi connectivity index (χ1n) is 10.5. The quantitative estimate of drug-likeness (QED) is 0.607. The SMILES string of the molecule is COc1cccc(NC(=O)COc2ccc(C(=O)N3CCCC3C(=O)NCC(F)(F)F)cc2)c1. The highest BCUT2D eigenvalue weighted by Gasteiger charge is 2.36. The fourth-order valence-electron chi connectivity index (χ4n) is 3.49. The average molecular weight is 479 g/mol. The molecule has 2 aromatic carbocycles. The monoisotopic (exact) mass is 479 g/mol. The maximum absolute atomic E-state index is 12.8. The fourth-order valence-corrected chi connectivity index (χ4v) is 3.49. The number of nitrogens with one attached hydrogen (secondary N) is 2. The van der Waals surface area contributed by atoms with Crippen LogP contribution in [-0.2, 0) is 9.59 Å². The fraction of sp³-hybridized carbons (Fsp3) is 0.348. The van der Waals surface area contributed by atoms with E-state index in [0.29, 0.717) is 30.0 Å². The molecular formula is C23H24F3N3O5. The van der Waals surface area contributed by atoms with Crippen LogP contribution in [0.3, 0.4) is 0 Å². The second kappa shape index (κ2) is 10.9. The molecule has 11 heteroatoms. The third kappa shape index (κ3) is 6.87. The van der Waals surface area contributed by atoms with E-state index in [4.69, 9.17) is 9.47 Å². The summed E-state index contributed by atoms with van der Waals surface area (Å²) in [6.07, 6.45) is -3.72. The van der Waals surface area contributed by atoms with E-state index in [9.17, 15) is 27.6 Å². The van der Waals surface area contributed by atoms with Crippen molar-refractivity contribution in [1.82, 2.24) is 10.2 Å². The van der Waals surface area contributed by atoms with E-state index in [2.05, 4.69) is 5.32 Å². The van der Waals surface area contributed by atoms with E-state index in [-0.39, 0.29) is 18.7 Å². The highest BCUT2D eigenvalue weighted by molar-refractivity contribution is 5.98. The molecule has 1 heterocycles. The van der Waals surface area contributed by atoms with Gasteiger partial charge in [-0.15, -0.1) is 0 Å². The lowest BCUT2D eigenvalue weighted by atomic mass is 10.1. The molecule has 1 aliphatic rings. The van der Waals surface area contributed by atoms with Gasteiger partial charge in [-0.2, -0.15) is 13.2 Å². The van der Waals surface area contributed by atoms with E-state index in [1.165, 1.54) is 36.3 Å². The molecule has 0 radical (unpaired) electrons. The molecule has 34 heavy (non-hydrogen) atoms. The molecule has 0 aromatic heterocycles. The van der Waals surface area contributed by atoms with Crippen molar-refractivity contribution >= 4 is 23.4 Å². The van der Waals surface area contributed by atoms with Crippen LogP contribution in [0.1, 0.15) is 23.2 Å². The van der Waals surface area contributed by atoms with Crippen molar-refractivity contribution in [3.63, 3.8) is 0 Å². The van der Waals surface area contributed by atoms with Crippen molar-refractivity contribution < 1.29 is 37.0 Å². The number of carbonyl (C=O) groups is 3. The number of ether oxygens (including phenoxy) is 2. The standard InChI is InChI=1S/C23H24F3N3O5/c1-33-18-5-2-4-16(12-18)28-20(30)13-34-17-9-7-15(8-10-17)22(32)29-11-3-6-19(29)21(31)27-14-23(24,25)26/h2,4-5,7-10,12,19H,3,6,11,13-14H2,1H3,(H,27,31)(H,28,30). The minimum Gasteiger partial charge on any atom is -0.497 e. The van der Waals surface area contributed by atoms with Crippen LogP contribution in [0.5, 0.6) is 11.5 Å². The number of benzene rings is 2. The second-order valence-electron chi connectivity index (χ2n) is 7.58. The summed E-state index contributed by atoms with van der Waals surface area (Å²) in [6, 6.07) is 11.8. The Kier molecular flexibility index (Phi) is 7.98. The Labute approximate surface area is 194 Å². The zero-order valence-corrected chi connectivity index (χ0v) is 18.4. The highest BCUT2D eigenvalue weighted by atomic mass is 19.4. The van der Waals surface area contributed by atoms with Crippen molar-refractivity contribution in [3.05, 3.63) is 54.1 Å². The van der Waals surface area contributed by atoms with Crippen LogP contribution in [0.4, 0.5) is 18.9 Å². The largest absolute Gasteiger partial charge is 0.497 e. The van der Waals surface area contributed by atoms with Gasteiger partial charge < -0.3 is 25.0 Å². The minimum atomic E-state index is -4.52. The Bertz CT molecular complexity index is 1030. The van der Waals surface area contributed by atoms with Gasteiger partial charge in [0.15, 0.2) is 6.61 Å². The van der Waals surface area contributed by atoms with Crippen LogP contribution in [0.2, 0.25) is 0 Å². The predicted molar refractivity (Wildman–Crippen MR) is 117 cm³/mol. The van der Waals surface area contributed by atoms with E-state index in [1.807, 2.05) is 5.32 Å². The Morgan fingerprint density at radius 1 is 1.09 bits per heavy atom. The summed E-state index contributed by atoms with van der Waals surface area (Å²) in [6.45, 7) is -1.44. The lowest BCUT2D eigenvalue weighted by molar-refractivity contribution is -0.140. The van der Waals surface area contributed by atoms with Crippen molar-refractivity contribution in [2.75, 3.05) is 32.1 Å². The number of hydrogen-bond donors (Lipinski definition) is 2. The molecule has 3 rings (SSSR count). The van der Waals surface area contributed by atoms with Gasteiger partial charge in [0.05, 0.1) is 7.11 Å². The minimum absolute atomic E-state index is 0.253. The number of methoxy groups -OCH3 is 1. The summed E-state index contributed by atoms with van der Waals surface area (Å²) in [5.74, 6) is -0.745. The van der Waals surface area contributed by atoms with Crippen LogP contribution in [0.15, 0.2) is 48.5 Å². The number of hydrogen-bond acceptors (Lipinski definition) is 5. The molecule has 2 N–H and O–H groups in total. The Morgan fingerprint density at radius 3 is 2.50 bits per heavy atom. The van der Waals surface area contributed by atoms with Gasteiger partial charge in [-0.05, 0) is 49.2 Å². The van der Waals surface area contributed by atoms with Gasteiger partial charge in [-0.25, -0.2) is 0 Å². The molecule has 3 amide bonds. The van der Waals surface area contributed by atoms with E-state index >= 15 is 0 Å². The van der Waals surface area contributed by atoms with Gasteiger partial charge in [-0.1, -0.05) is 6.07 Å². The van der Waals surface area contributed by atoms with Crippen LogP contribution in [-0.4, -0.2) is 61.6 Å². The first-order valence-corrected chi connectivity index (χ1v) is 10.5. The van der Waals surface area contributed by atoms with Crippen molar-refractivity contribution in [2.24, 2.45) is 0 Å². The maximum atomic E-state index is 12.8. The highest BCUT2D eigenvalue weighted by Crippen LogP contribution is 2.23. The molecule has 8 nitrogen and oxygen atoms in total. The van der Waals surface area contributed by atoms with Crippen molar-refractivity contribution in [2.45, 2.75) is 25.1 Å². The maximum Gasteiger partial charge on any atom is 0.405 e. The van der Waals surface area contributed by atoms with E-state index in [1.54, 1.807) is 24.3 Å². The molecule has 0 bridgehead atoms. The number of rotatable bonds is 8. The normalized spacial score (nSPS) is 15.5. The summed E-state index contributed by atoms with van der Waals surface area (Å²) < 4.78 is 47.7. The molecule has 1 unspecified atom stereocenters. The number of halogens is 3. The summed E-state index contributed by atoms with van der Waals surface area (Å²) in [5.41, 5.74) is 0.803. The number of anilines is 1. The second-order valence-corrected chi connectivity index (χ2v) is 7.58. The van der Waals surface area contributed by atoms with E-state index in [0.717, 1.165) is 0 Å². The van der Waals surface area contributed by atoms with E-state index < -0.39 is 36.5 Å². The van der Waals surface area contributed by atoms with Crippen LogP contribution < -0.4 is 20.1 Å².